The van der Waals surface area contributed by atoms with E-state index < -0.39 is 0 Å². The van der Waals surface area contributed by atoms with Gasteiger partial charge >= 0.3 is 0 Å². The number of hydrogen-bond donors (Lipinski definition) is 0. The van der Waals surface area contributed by atoms with E-state index in [-0.39, 0.29) is 0 Å². The molecule has 0 spiro atoms. The molecule has 2 aromatic rings. The second-order valence-electron chi connectivity index (χ2n) is 2.38. The summed E-state index contributed by atoms with van der Waals surface area (Å²) in [5.41, 5.74) is 2.15. The van der Waals surface area contributed by atoms with E-state index in [2.05, 4.69) is 19.1 Å². The Kier molecular flexibility index (Phi) is 1.04. The first-order valence-corrected chi connectivity index (χ1v) is 3.22. The standard InChI is InChI=1S/C9H7O/c1-7-2-3-9-8(6-7)4-5-10-9/h2-3,5-6H,1H3. The molecule has 0 unspecified atom stereocenters. The monoisotopic (exact) mass is 131 g/mol. The molecule has 1 heterocycles. The highest BCUT2D eigenvalue weighted by molar-refractivity contribution is 5.76. The zero-order chi connectivity index (χ0) is 6.97. The molecule has 0 atom stereocenters. The predicted octanol–water partition coefficient (Wildman–Crippen LogP) is 2.54. The van der Waals surface area contributed by atoms with Gasteiger partial charge in [0.15, 0.2) is 0 Å². The molecule has 0 saturated heterocycles. The zero-order valence-corrected chi connectivity index (χ0v) is 5.72. The topological polar surface area (TPSA) is 13.1 Å². The molecule has 0 aliphatic rings. The summed E-state index contributed by atoms with van der Waals surface area (Å²) >= 11 is 0. The van der Waals surface area contributed by atoms with Gasteiger partial charge in [0.2, 0.25) is 0 Å². The molecule has 1 aromatic carbocycles. The first-order valence-electron chi connectivity index (χ1n) is 3.22. The largest absolute Gasteiger partial charge is 0.464 e. The summed E-state index contributed by atoms with van der Waals surface area (Å²) in [5, 5.41) is 1.06. The van der Waals surface area contributed by atoms with Crippen LogP contribution >= 0.6 is 0 Å². The minimum atomic E-state index is 0.908. The fraction of sp³-hybridized carbons (Fsp3) is 0.111. The molecule has 0 bridgehead atoms. The lowest BCUT2D eigenvalue weighted by Gasteiger charge is -1.88. The highest BCUT2D eigenvalue weighted by Gasteiger charge is 1.94. The zero-order valence-electron chi connectivity index (χ0n) is 5.72. The van der Waals surface area contributed by atoms with Crippen LogP contribution in [0.15, 0.2) is 28.9 Å². The molecular weight excluding hydrogens is 124 g/mol. The molecule has 0 amide bonds. The number of rotatable bonds is 0. The molecule has 1 heteroatoms. The number of benzene rings is 1. The number of furan rings is 1. The number of aryl methyl sites for hydroxylation is 1. The van der Waals surface area contributed by atoms with Crippen molar-refractivity contribution in [2.75, 3.05) is 0 Å². The second kappa shape index (κ2) is 1.87. The van der Waals surface area contributed by atoms with E-state index in [1.54, 1.807) is 6.26 Å². The lowest BCUT2D eigenvalue weighted by molar-refractivity contribution is 0.615. The maximum Gasteiger partial charge on any atom is 0.134 e. The fourth-order valence-corrected chi connectivity index (χ4v) is 1.02. The first-order chi connectivity index (χ1) is 4.86. The van der Waals surface area contributed by atoms with E-state index in [9.17, 15) is 0 Å². The third kappa shape index (κ3) is 0.711. The van der Waals surface area contributed by atoms with Crippen molar-refractivity contribution in [2.24, 2.45) is 0 Å². The molecule has 1 aromatic heterocycles. The Morgan fingerprint density at radius 1 is 1.40 bits per heavy atom. The number of fused-ring (bicyclic) bond motifs is 1. The summed E-state index contributed by atoms with van der Waals surface area (Å²) in [6, 6.07) is 9.04. The SMILES string of the molecule is Cc1ccc2oc[c]c2c1. The van der Waals surface area contributed by atoms with E-state index in [1.807, 2.05) is 12.1 Å². The Morgan fingerprint density at radius 2 is 2.30 bits per heavy atom. The molecule has 1 nitrogen and oxygen atoms in total. The van der Waals surface area contributed by atoms with Crippen LogP contribution in [-0.4, -0.2) is 0 Å². The van der Waals surface area contributed by atoms with Crippen LogP contribution in [0.4, 0.5) is 0 Å². The molecule has 2 rings (SSSR count). The van der Waals surface area contributed by atoms with Gasteiger partial charge in [-0.15, -0.1) is 0 Å². The highest BCUT2D eigenvalue weighted by Crippen LogP contribution is 2.15. The fourth-order valence-electron chi connectivity index (χ4n) is 1.02. The molecular formula is C9H7O. The van der Waals surface area contributed by atoms with Crippen molar-refractivity contribution < 1.29 is 4.42 Å². The Hall–Kier alpha value is -1.24. The molecule has 0 N–H and O–H groups in total. The van der Waals surface area contributed by atoms with E-state index in [1.165, 1.54) is 5.56 Å². The summed E-state index contributed by atoms with van der Waals surface area (Å²) in [6.07, 6.45) is 1.59. The van der Waals surface area contributed by atoms with E-state index in [4.69, 9.17) is 4.42 Å². The van der Waals surface area contributed by atoms with Gasteiger partial charge in [0.25, 0.3) is 0 Å². The second-order valence-corrected chi connectivity index (χ2v) is 2.38. The van der Waals surface area contributed by atoms with E-state index in [0.717, 1.165) is 11.0 Å². The Morgan fingerprint density at radius 3 is 3.20 bits per heavy atom. The summed E-state index contributed by atoms with van der Waals surface area (Å²) in [5.74, 6) is 0. The van der Waals surface area contributed by atoms with Gasteiger partial charge in [-0.2, -0.15) is 0 Å². The van der Waals surface area contributed by atoms with Gasteiger partial charge in [-0.05, 0) is 19.1 Å². The van der Waals surface area contributed by atoms with Crippen molar-refractivity contribution >= 4 is 11.0 Å². The predicted molar refractivity (Wildman–Crippen MR) is 39.8 cm³/mol. The van der Waals surface area contributed by atoms with Crippen LogP contribution in [0.1, 0.15) is 5.56 Å². The van der Waals surface area contributed by atoms with Crippen molar-refractivity contribution in [3.8, 4) is 0 Å². The minimum Gasteiger partial charge on any atom is -0.464 e. The van der Waals surface area contributed by atoms with Crippen molar-refractivity contribution in [2.45, 2.75) is 6.92 Å². The summed E-state index contributed by atoms with van der Waals surface area (Å²) in [4.78, 5) is 0. The van der Waals surface area contributed by atoms with Gasteiger partial charge in [0.1, 0.15) is 5.58 Å². The maximum atomic E-state index is 5.12. The van der Waals surface area contributed by atoms with Gasteiger partial charge in [-0.3, -0.25) is 0 Å². The molecule has 0 aliphatic heterocycles. The molecule has 0 saturated carbocycles. The third-order valence-corrected chi connectivity index (χ3v) is 1.54. The van der Waals surface area contributed by atoms with Gasteiger partial charge in [0.05, 0.1) is 6.26 Å². The molecule has 0 aliphatic carbocycles. The van der Waals surface area contributed by atoms with Crippen LogP contribution in [0, 0.1) is 13.0 Å². The van der Waals surface area contributed by atoms with Gasteiger partial charge in [0, 0.05) is 11.5 Å². The van der Waals surface area contributed by atoms with Crippen molar-refractivity contribution in [1.29, 1.82) is 0 Å². The number of hydrogen-bond acceptors (Lipinski definition) is 1. The van der Waals surface area contributed by atoms with Crippen molar-refractivity contribution in [3.05, 3.63) is 36.1 Å². The van der Waals surface area contributed by atoms with Crippen molar-refractivity contribution in [1.82, 2.24) is 0 Å². The molecule has 49 valence electrons. The lowest BCUT2D eigenvalue weighted by Crippen LogP contribution is -1.68. The Labute approximate surface area is 59.3 Å². The summed E-state index contributed by atoms with van der Waals surface area (Å²) in [6.45, 7) is 2.06. The van der Waals surface area contributed by atoms with Crippen LogP contribution in [0.5, 0.6) is 0 Å². The van der Waals surface area contributed by atoms with Gasteiger partial charge < -0.3 is 4.42 Å². The minimum absolute atomic E-state index is 0.908. The van der Waals surface area contributed by atoms with E-state index >= 15 is 0 Å². The van der Waals surface area contributed by atoms with Crippen LogP contribution in [0.2, 0.25) is 0 Å². The Bertz CT molecular complexity index is 346. The average molecular weight is 131 g/mol. The first kappa shape index (κ1) is 5.54. The van der Waals surface area contributed by atoms with Crippen LogP contribution in [-0.2, 0) is 0 Å². The van der Waals surface area contributed by atoms with Gasteiger partial charge in [-0.25, -0.2) is 0 Å². The smallest absolute Gasteiger partial charge is 0.134 e. The van der Waals surface area contributed by atoms with Gasteiger partial charge in [-0.1, -0.05) is 11.6 Å². The highest BCUT2D eigenvalue weighted by atomic mass is 16.3. The summed E-state index contributed by atoms with van der Waals surface area (Å²) in [7, 11) is 0. The normalized spacial score (nSPS) is 10.5. The average Bonchev–Trinajstić information content (AvgIpc) is 2.33. The molecule has 1 radical (unpaired) electrons. The Balaban J connectivity index is 2.86. The van der Waals surface area contributed by atoms with Crippen molar-refractivity contribution in [3.63, 3.8) is 0 Å². The third-order valence-electron chi connectivity index (χ3n) is 1.54. The molecule has 10 heavy (non-hydrogen) atoms. The van der Waals surface area contributed by atoms with Crippen LogP contribution in [0.25, 0.3) is 11.0 Å². The van der Waals surface area contributed by atoms with E-state index in [0.29, 0.717) is 0 Å². The van der Waals surface area contributed by atoms with Crippen LogP contribution in [0.3, 0.4) is 0 Å². The summed E-state index contributed by atoms with van der Waals surface area (Å²) < 4.78 is 5.12. The molecule has 0 fully saturated rings. The lowest BCUT2D eigenvalue weighted by atomic mass is 10.2. The quantitative estimate of drug-likeness (QED) is 0.535. The maximum absolute atomic E-state index is 5.12. The van der Waals surface area contributed by atoms with Crippen LogP contribution < -0.4 is 0 Å².